The van der Waals surface area contributed by atoms with Crippen molar-refractivity contribution >= 4 is 26.0 Å². The van der Waals surface area contributed by atoms with Gasteiger partial charge in [0.2, 0.25) is 0 Å². The second-order valence-electron chi connectivity index (χ2n) is 2.18. The van der Waals surface area contributed by atoms with Crippen LogP contribution in [0.5, 0.6) is 0 Å². The van der Waals surface area contributed by atoms with Crippen LogP contribution in [0.15, 0.2) is 0 Å². The molecular weight excluding hydrogens is 256 g/mol. The monoisotopic (exact) mass is 265 g/mol. The number of hydrogen-bond donors (Lipinski definition) is 1. The number of nitrogens with one attached hydrogen (secondary N) is 1. The van der Waals surface area contributed by atoms with E-state index in [1.165, 1.54) is 0 Å². The lowest BCUT2D eigenvalue weighted by Crippen LogP contribution is -2.38. The molecule has 1 unspecified atom stereocenters. The minimum atomic E-state index is -4.43. The van der Waals surface area contributed by atoms with Gasteiger partial charge < -0.3 is 0 Å². The second-order valence-corrected chi connectivity index (χ2v) is 4.51. The van der Waals surface area contributed by atoms with Crippen LogP contribution in [0.1, 0.15) is 13.3 Å². The molecular formula is C5H10BrF2NO2S. The standard InChI is InChI=1S/C5H10BrF2NO2S/c1-2-4(3-6)9-12(10,11)5(7)8/h4-5,9H,2-3H2,1H3. The van der Waals surface area contributed by atoms with Gasteiger partial charge in [-0.15, -0.1) is 0 Å². The first kappa shape index (κ1) is 12.2. The topological polar surface area (TPSA) is 46.2 Å². The molecule has 0 radical (unpaired) electrons. The molecule has 1 atom stereocenters. The zero-order valence-corrected chi connectivity index (χ0v) is 8.83. The van der Waals surface area contributed by atoms with E-state index < -0.39 is 21.8 Å². The van der Waals surface area contributed by atoms with E-state index in [1.54, 1.807) is 6.92 Å². The summed E-state index contributed by atoms with van der Waals surface area (Å²) >= 11 is 3.01. The van der Waals surface area contributed by atoms with E-state index in [1.807, 2.05) is 4.72 Å². The average molecular weight is 266 g/mol. The molecule has 12 heavy (non-hydrogen) atoms. The van der Waals surface area contributed by atoms with Crippen molar-refractivity contribution < 1.29 is 17.2 Å². The van der Waals surface area contributed by atoms with Crippen LogP contribution >= 0.6 is 15.9 Å². The highest BCUT2D eigenvalue weighted by molar-refractivity contribution is 9.09. The summed E-state index contributed by atoms with van der Waals surface area (Å²) in [5, 5.41) is 0.329. The van der Waals surface area contributed by atoms with Crippen LogP contribution in [0.25, 0.3) is 0 Å². The summed E-state index contributed by atoms with van der Waals surface area (Å²) in [7, 11) is -4.43. The third kappa shape index (κ3) is 3.77. The third-order valence-electron chi connectivity index (χ3n) is 1.24. The van der Waals surface area contributed by atoms with Gasteiger partial charge in [-0.25, -0.2) is 13.1 Å². The van der Waals surface area contributed by atoms with Crippen molar-refractivity contribution in [1.82, 2.24) is 4.72 Å². The molecule has 0 rings (SSSR count). The highest BCUT2D eigenvalue weighted by Gasteiger charge is 2.25. The molecule has 7 heteroatoms. The molecule has 0 saturated heterocycles. The molecule has 0 aromatic carbocycles. The lowest BCUT2D eigenvalue weighted by atomic mass is 10.3. The number of hydrogen-bond acceptors (Lipinski definition) is 2. The first-order valence-corrected chi connectivity index (χ1v) is 5.96. The van der Waals surface area contributed by atoms with Crippen LogP contribution in [0, 0.1) is 0 Å². The van der Waals surface area contributed by atoms with Crippen LogP contribution in [0.4, 0.5) is 8.78 Å². The van der Waals surface area contributed by atoms with E-state index in [4.69, 9.17) is 0 Å². The van der Waals surface area contributed by atoms with E-state index >= 15 is 0 Å². The predicted octanol–water partition coefficient (Wildman–Crippen LogP) is 1.30. The minimum Gasteiger partial charge on any atom is -0.206 e. The third-order valence-corrected chi connectivity index (χ3v) is 3.16. The van der Waals surface area contributed by atoms with E-state index in [0.29, 0.717) is 11.8 Å². The van der Waals surface area contributed by atoms with Gasteiger partial charge >= 0.3 is 5.76 Å². The maximum absolute atomic E-state index is 11.8. The number of sulfonamides is 1. The fourth-order valence-corrected chi connectivity index (χ4v) is 2.16. The van der Waals surface area contributed by atoms with Crippen LogP contribution in [-0.2, 0) is 10.0 Å². The SMILES string of the molecule is CCC(CBr)NS(=O)(=O)C(F)F. The molecule has 74 valence electrons. The molecule has 0 aliphatic heterocycles. The first-order chi connectivity index (χ1) is 5.44. The largest absolute Gasteiger partial charge is 0.350 e. The first-order valence-electron chi connectivity index (χ1n) is 3.29. The molecule has 0 bridgehead atoms. The normalized spacial score (nSPS) is 15.1. The van der Waals surface area contributed by atoms with Gasteiger partial charge in [-0.2, -0.15) is 8.78 Å². The van der Waals surface area contributed by atoms with Gasteiger partial charge in [-0.05, 0) is 6.42 Å². The molecule has 0 aliphatic carbocycles. The average Bonchev–Trinajstić information content (AvgIpc) is 2.00. The van der Waals surface area contributed by atoms with E-state index in [2.05, 4.69) is 15.9 Å². The van der Waals surface area contributed by atoms with Crippen LogP contribution in [-0.4, -0.2) is 25.5 Å². The fourth-order valence-electron chi connectivity index (χ4n) is 0.508. The van der Waals surface area contributed by atoms with Crippen LogP contribution in [0.2, 0.25) is 0 Å². The van der Waals surface area contributed by atoms with Gasteiger partial charge in [0.25, 0.3) is 10.0 Å². The Balaban J connectivity index is 4.23. The maximum Gasteiger partial charge on any atom is 0.350 e. The van der Waals surface area contributed by atoms with Gasteiger partial charge in [0.1, 0.15) is 0 Å². The van der Waals surface area contributed by atoms with Gasteiger partial charge in [0, 0.05) is 11.4 Å². The number of alkyl halides is 3. The lowest BCUT2D eigenvalue weighted by molar-refractivity contribution is 0.231. The summed E-state index contributed by atoms with van der Waals surface area (Å²) < 4.78 is 46.6. The molecule has 0 saturated carbocycles. The molecule has 0 aliphatic rings. The number of halogens is 3. The molecule has 0 heterocycles. The Kier molecular flexibility index (Phi) is 5.19. The van der Waals surface area contributed by atoms with Gasteiger partial charge in [-0.1, -0.05) is 22.9 Å². The Morgan fingerprint density at radius 1 is 1.50 bits per heavy atom. The zero-order chi connectivity index (χ0) is 9.78. The van der Waals surface area contributed by atoms with Crippen LogP contribution < -0.4 is 4.72 Å². The molecule has 0 aromatic heterocycles. The molecule has 0 fully saturated rings. The minimum absolute atomic E-state index is 0.329. The fraction of sp³-hybridized carbons (Fsp3) is 1.00. The Bertz CT molecular complexity index is 215. The van der Waals surface area contributed by atoms with Gasteiger partial charge in [0.15, 0.2) is 0 Å². The van der Waals surface area contributed by atoms with Crippen molar-refractivity contribution in [2.45, 2.75) is 25.1 Å². The molecule has 0 amide bonds. The number of rotatable bonds is 5. The smallest absolute Gasteiger partial charge is 0.206 e. The van der Waals surface area contributed by atoms with Crippen molar-refractivity contribution in [2.24, 2.45) is 0 Å². The summed E-state index contributed by atoms with van der Waals surface area (Å²) in [5.41, 5.74) is 0. The zero-order valence-electron chi connectivity index (χ0n) is 6.43. The quantitative estimate of drug-likeness (QED) is 0.762. The summed E-state index contributed by atoms with van der Waals surface area (Å²) in [6, 6.07) is -0.469. The van der Waals surface area contributed by atoms with Crippen molar-refractivity contribution in [3.05, 3.63) is 0 Å². The van der Waals surface area contributed by atoms with Crippen LogP contribution in [0.3, 0.4) is 0 Å². The van der Waals surface area contributed by atoms with Gasteiger partial charge in [0.05, 0.1) is 0 Å². The summed E-state index contributed by atoms with van der Waals surface area (Å²) in [6.45, 7) is 1.71. The summed E-state index contributed by atoms with van der Waals surface area (Å²) in [5.74, 6) is -3.36. The Labute approximate surface area is 78.7 Å². The second kappa shape index (κ2) is 5.08. The molecule has 3 nitrogen and oxygen atoms in total. The Morgan fingerprint density at radius 2 is 2.00 bits per heavy atom. The molecule has 1 N–H and O–H groups in total. The van der Waals surface area contributed by atoms with Crippen molar-refractivity contribution in [2.75, 3.05) is 5.33 Å². The van der Waals surface area contributed by atoms with E-state index in [-0.39, 0.29) is 0 Å². The highest BCUT2D eigenvalue weighted by atomic mass is 79.9. The Hall–Kier alpha value is 0.250. The molecule has 0 aromatic rings. The van der Waals surface area contributed by atoms with Gasteiger partial charge in [-0.3, -0.25) is 0 Å². The lowest BCUT2D eigenvalue weighted by Gasteiger charge is -2.12. The molecule has 0 spiro atoms. The van der Waals surface area contributed by atoms with Crippen molar-refractivity contribution in [3.8, 4) is 0 Å². The Morgan fingerprint density at radius 3 is 2.25 bits per heavy atom. The van der Waals surface area contributed by atoms with E-state index in [9.17, 15) is 17.2 Å². The summed E-state index contributed by atoms with van der Waals surface area (Å²) in [4.78, 5) is 0. The predicted molar refractivity (Wildman–Crippen MR) is 45.9 cm³/mol. The van der Waals surface area contributed by atoms with Crippen molar-refractivity contribution in [1.29, 1.82) is 0 Å². The summed E-state index contributed by atoms with van der Waals surface area (Å²) in [6.07, 6.45) is 0.469. The maximum atomic E-state index is 11.8. The van der Waals surface area contributed by atoms with Crippen molar-refractivity contribution in [3.63, 3.8) is 0 Å². The van der Waals surface area contributed by atoms with E-state index in [0.717, 1.165) is 0 Å². The highest BCUT2D eigenvalue weighted by Crippen LogP contribution is 2.05.